The second kappa shape index (κ2) is 11.7. The van der Waals surface area contributed by atoms with E-state index in [2.05, 4.69) is 51.6 Å². The number of rotatable bonds is 10. The molecular weight excluding hydrogens is 376 g/mol. The van der Waals surface area contributed by atoms with Crippen LogP contribution >= 0.6 is 0 Å². The molecule has 1 unspecified atom stereocenters. The van der Waals surface area contributed by atoms with Crippen molar-refractivity contribution in [2.24, 2.45) is 4.99 Å². The lowest BCUT2D eigenvalue weighted by molar-refractivity contribution is 0.0646. The van der Waals surface area contributed by atoms with E-state index >= 15 is 0 Å². The molecule has 3 aromatic rings. The van der Waals surface area contributed by atoms with Crippen molar-refractivity contribution in [2.75, 3.05) is 19.7 Å². The number of ether oxygens (including phenoxy) is 1. The molecule has 158 valence electrons. The molecule has 1 atom stereocenters. The van der Waals surface area contributed by atoms with Crippen molar-refractivity contribution < 1.29 is 4.74 Å². The van der Waals surface area contributed by atoms with Crippen molar-refractivity contribution >= 4 is 5.96 Å². The summed E-state index contributed by atoms with van der Waals surface area (Å²) in [6, 6.07) is 14.3. The Bertz CT molecular complexity index is 895. The van der Waals surface area contributed by atoms with Crippen molar-refractivity contribution in [3.8, 4) is 5.82 Å². The Morgan fingerprint density at radius 2 is 2.03 bits per heavy atom. The maximum Gasteiger partial charge on any atom is 0.191 e. The summed E-state index contributed by atoms with van der Waals surface area (Å²) in [4.78, 5) is 13.1. The highest BCUT2D eigenvalue weighted by Gasteiger charge is 2.05. The Kier molecular flexibility index (Phi) is 8.41. The maximum atomic E-state index is 5.93. The lowest BCUT2D eigenvalue weighted by atomic mass is 10.1. The third-order valence-electron chi connectivity index (χ3n) is 4.59. The number of imidazole rings is 1. The van der Waals surface area contributed by atoms with Crippen LogP contribution in [0.5, 0.6) is 0 Å². The van der Waals surface area contributed by atoms with Gasteiger partial charge in [-0.2, -0.15) is 0 Å². The highest BCUT2D eigenvalue weighted by molar-refractivity contribution is 5.79. The van der Waals surface area contributed by atoms with E-state index in [-0.39, 0.29) is 6.10 Å². The van der Waals surface area contributed by atoms with Gasteiger partial charge in [0.15, 0.2) is 5.96 Å². The SMILES string of the molecule is CCNC(=NCc1ccnc(-n2ccnc2)c1)NCCCOC(C)c1ccccc1. The number of hydrogen-bond acceptors (Lipinski definition) is 4. The Hall–Kier alpha value is -3.19. The van der Waals surface area contributed by atoms with E-state index < -0.39 is 0 Å². The van der Waals surface area contributed by atoms with E-state index in [0.29, 0.717) is 13.2 Å². The normalized spacial score (nSPS) is 12.5. The second-order valence-corrected chi connectivity index (χ2v) is 6.89. The molecule has 0 saturated carbocycles. The van der Waals surface area contributed by atoms with E-state index in [4.69, 9.17) is 4.74 Å². The maximum absolute atomic E-state index is 5.93. The molecule has 0 aliphatic rings. The zero-order chi connectivity index (χ0) is 21.0. The van der Waals surface area contributed by atoms with E-state index in [1.807, 2.05) is 41.1 Å². The Morgan fingerprint density at radius 3 is 2.80 bits per heavy atom. The van der Waals surface area contributed by atoms with Crippen LogP contribution in [-0.2, 0) is 11.3 Å². The molecule has 3 rings (SSSR count). The first-order valence-corrected chi connectivity index (χ1v) is 10.4. The van der Waals surface area contributed by atoms with Crippen LogP contribution < -0.4 is 10.6 Å². The Morgan fingerprint density at radius 1 is 1.17 bits per heavy atom. The third kappa shape index (κ3) is 6.70. The molecule has 2 aromatic heterocycles. The number of hydrogen-bond donors (Lipinski definition) is 2. The zero-order valence-corrected chi connectivity index (χ0v) is 17.7. The number of pyridine rings is 1. The predicted octanol–water partition coefficient (Wildman–Crippen LogP) is 3.49. The molecule has 0 radical (unpaired) electrons. The molecule has 0 saturated heterocycles. The van der Waals surface area contributed by atoms with E-state index in [1.54, 1.807) is 18.7 Å². The zero-order valence-electron chi connectivity index (χ0n) is 17.7. The van der Waals surface area contributed by atoms with Crippen LogP contribution in [0.15, 0.2) is 72.4 Å². The summed E-state index contributed by atoms with van der Waals surface area (Å²) in [7, 11) is 0. The van der Waals surface area contributed by atoms with Gasteiger partial charge in [0.1, 0.15) is 12.1 Å². The van der Waals surface area contributed by atoms with Gasteiger partial charge in [0, 0.05) is 38.3 Å². The van der Waals surface area contributed by atoms with Gasteiger partial charge in [-0.3, -0.25) is 4.57 Å². The van der Waals surface area contributed by atoms with E-state index in [9.17, 15) is 0 Å². The van der Waals surface area contributed by atoms with Gasteiger partial charge in [0.05, 0.1) is 12.6 Å². The predicted molar refractivity (Wildman–Crippen MR) is 120 cm³/mol. The Balaban J connectivity index is 1.45. The van der Waals surface area contributed by atoms with E-state index in [0.717, 1.165) is 36.9 Å². The average molecular weight is 407 g/mol. The quantitative estimate of drug-likeness (QED) is 0.306. The number of aliphatic imine (C=N–C) groups is 1. The van der Waals surface area contributed by atoms with Crippen molar-refractivity contribution in [1.29, 1.82) is 0 Å². The molecule has 0 spiro atoms. The number of guanidine groups is 1. The van der Waals surface area contributed by atoms with Crippen LogP contribution in [0.1, 0.15) is 37.5 Å². The fourth-order valence-corrected chi connectivity index (χ4v) is 2.97. The monoisotopic (exact) mass is 406 g/mol. The Labute approximate surface area is 178 Å². The highest BCUT2D eigenvalue weighted by atomic mass is 16.5. The van der Waals surface area contributed by atoms with Gasteiger partial charge in [0.25, 0.3) is 0 Å². The molecule has 0 aliphatic carbocycles. The third-order valence-corrected chi connectivity index (χ3v) is 4.59. The van der Waals surface area contributed by atoms with Gasteiger partial charge in [-0.15, -0.1) is 0 Å². The largest absolute Gasteiger partial charge is 0.374 e. The molecule has 0 amide bonds. The summed E-state index contributed by atoms with van der Waals surface area (Å²) in [5.41, 5.74) is 2.29. The fourth-order valence-electron chi connectivity index (χ4n) is 2.97. The lowest BCUT2D eigenvalue weighted by Crippen LogP contribution is -2.38. The minimum absolute atomic E-state index is 0.101. The van der Waals surface area contributed by atoms with Crippen molar-refractivity contribution in [2.45, 2.75) is 32.9 Å². The summed E-state index contributed by atoms with van der Waals surface area (Å²) in [5, 5.41) is 6.66. The number of nitrogens with zero attached hydrogens (tertiary/aromatic N) is 4. The first-order valence-electron chi connectivity index (χ1n) is 10.4. The summed E-state index contributed by atoms with van der Waals surface area (Å²) in [6.07, 6.45) is 8.16. The first kappa shape index (κ1) is 21.5. The molecule has 0 bridgehead atoms. The first-order chi connectivity index (χ1) is 14.8. The summed E-state index contributed by atoms with van der Waals surface area (Å²) >= 11 is 0. The van der Waals surface area contributed by atoms with Crippen LogP contribution in [0.4, 0.5) is 0 Å². The van der Waals surface area contributed by atoms with E-state index in [1.165, 1.54) is 5.56 Å². The summed E-state index contributed by atoms with van der Waals surface area (Å²) in [5.74, 6) is 1.64. The molecule has 30 heavy (non-hydrogen) atoms. The van der Waals surface area contributed by atoms with Crippen LogP contribution in [0.3, 0.4) is 0 Å². The molecule has 0 aliphatic heterocycles. The van der Waals surface area contributed by atoms with Gasteiger partial charge in [-0.25, -0.2) is 15.0 Å². The minimum atomic E-state index is 0.101. The van der Waals surface area contributed by atoms with Crippen molar-refractivity contribution in [3.05, 3.63) is 78.5 Å². The number of nitrogens with one attached hydrogen (secondary N) is 2. The molecule has 0 fully saturated rings. The van der Waals surface area contributed by atoms with Crippen LogP contribution in [0.2, 0.25) is 0 Å². The lowest BCUT2D eigenvalue weighted by Gasteiger charge is -2.14. The summed E-state index contributed by atoms with van der Waals surface area (Å²) < 4.78 is 7.82. The second-order valence-electron chi connectivity index (χ2n) is 6.89. The van der Waals surface area contributed by atoms with Crippen LogP contribution in [-0.4, -0.2) is 40.2 Å². The number of aromatic nitrogens is 3. The van der Waals surface area contributed by atoms with Gasteiger partial charge < -0.3 is 15.4 Å². The molecule has 2 N–H and O–H groups in total. The van der Waals surface area contributed by atoms with Gasteiger partial charge in [-0.05, 0) is 43.5 Å². The average Bonchev–Trinajstić information content (AvgIpc) is 3.33. The van der Waals surface area contributed by atoms with Gasteiger partial charge in [0.2, 0.25) is 0 Å². The molecule has 7 heteroatoms. The molecule has 2 heterocycles. The van der Waals surface area contributed by atoms with Crippen LogP contribution in [0.25, 0.3) is 5.82 Å². The standard InChI is InChI=1S/C23H30N6O/c1-3-25-23(27-11-7-15-30-19(2)21-8-5-4-6-9-21)28-17-20-10-12-26-22(16-20)29-14-13-24-18-29/h4-6,8-10,12-14,16,18-19H,3,7,11,15,17H2,1-2H3,(H2,25,27,28). The molecule has 1 aromatic carbocycles. The molecular formula is C23H30N6O. The fraction of sp³-hybridized carbons (Fsp3) is 0.348. The number of benzene rings is 1. The summed E-state index contributed by atoms with van der Waals surface area (Å²) in [6.45, 7) is 7.02. The van der Waals surface area contributed by atoms with Gasteiger partial charge >= 0.3 is 0 Å². The highest BCUT2D eigenvalue weighted by Crippen LogP contribution is 2.15. The smallest absolute Gasteiger partial charge is 0.191 e. The minimum Gasteiger partial charge on any atom is -0.374 e. The van der Waals surface area contributed by atoms with Crippen LogP contribution in [0, 0.1) is 0 Å². The van der Waals surface area contributed by atoms with Gasteiger partial charge in [-0.1, -0.05) is 30.3 Å². The van der Waals surface area contributed by atoms with Crippen molar-refractivity contribution in [1.82, 2.24) is 25.2 Å². The topological polar surface area (TPSA) is 76.4 Å². The van der Waals surface area contributed by atoms with Crippen molar-refractivity contribution in [3.63, 3.8) is 0 Å². The molecule has 7 nitrogen and oxygen atoms in total.